The van der Waals surface area contributed by atoms with Crippen molar-refractivity contribution in [3.8, 4) is 11.3 Å². The van der Waals surface area contributed by atoms with Crippen LogP contribution in [0.3, 0.4) is 0 Å². The summed E-state index contributed by atoms with van der Waals surface area (Å²) < 4.78 is 14.8. The van der Waals surface area contributed by atoms with Gasteiger partial charge >= 0.3 is 0 Å². The van der Waals surface area contributed by atoms with Crippen molar-refractivity contribution < 1.29 is 9.18 Å². The van der Waals surface area contributed by atoms with Crippen molar-refractivity contribution in [3.05, 3.63) is 88.6 Å². The van der Waals surface area contributed by atoms with E-state index in [1.165, 1.54) is 42.4 Å². The Morgan fingerprint density at radius 1 is 1.11 bits per heavy atom. The molecule has 35 heavy (non-hydrogen) atoms. The molecule has 0 bridgehead atoms. The summed E-state index contributed by atoms with van der Waals surface area (Å²) in [5.41, 5.74) is 7.84. The third-order valence-corrected chi connectivity index (χ3v) is 7.20. The van der Waals surface area contributed by atoms with Crippen LogP contribution in [-0.4, -0.2) is 33.8 Å². The number of benzene rings is 2. The maximum atomic E-state index is 14.8. The van der Waals surface area contributed by atoms with E-state index in [9.17, 15) is 9.18 Å². The highest BCUT2D eigenvalue weighted by atomic mass is 19.1. The molecule has 0 unspecified atom stereocenters. The number of hydrogen-bond donors (Lipinski definition) is 2. The van der Waals surface area contributed by atoms with Gasteiger partial charge in [-0.25, -0.2) is 14.4 Å². The number of rotatable bonds is 6. The second-order valence-electron chi connectivity index (χ2n) is 9.58. The molecule has 2 aromatic heterocycles. The largest absolute Gasteiger partial charge is 0.339 e. The second kappa shape index (κ2) is 8.86. The van der Waals surface area contributed by atoms with Gasteiger partial charge in [-0.05, 0) is 79.1 Å². The molecule has 2 aromatic carbocycles. The Labute approximate surface area is 203 Å². The molecule has 0 spiro atoms. The van der Waals surface area contributed by atoms with E-state index in [-0.39, 0.29) is 18.0 Å². The highest BCUT2D eigenvalue weighted by molar-refractivity contribution is 5.98. The lowest BCUT2D eigenvalue weighted by atomic mass is 9.93. The first-order chi connectivity index (χ1) is 17.1. The van der Waals surface area contributed by atoms with Crippen molar-refractivity contribution in [2.45, 2.75) is 38.5 Å². The SMILES string of the molecule is Cc1c(CC(=O)c2ccc(C3CC3)cc2)cc(F)cc1-c1ncnc2[nH]c(C3=CCNCC3)cc12. The summed E-state index contributed by atoms with van der Waals surface area (Å²) in [7, 11) is 0. The zero-order chi connectivity index (χ0) is 23.9. The van der Waals surface area contributed by atoms with E-state index >= 15 is 0 Å². The molecule has 6 heteroatoms. The molecule has 176 valence electrons. The molecule has 1 saturated carbocycles. The standard InChI is InChI=1S/C29H27FN4O/c1-17-22(13-27(35)21-6-4-19(5-7-21)18-2-3-18)12-23(30)14-24(17)28-25-15-26(20-8-10-31-11-9-20)34-29(25)33-16-32-28/h4-8,12,14-16,18,31H,2-3,9-11,13H2,1H3,(H,32,33,34). The molecule has 5 nitrogen and oxygen atoms in total. The maximum absolute atomic E-state index is 14.8. The van der Waals surface area contributed by atoms with Gasteiger partial charge in [0.25, 0.3) is 0 Å². The molecule has 0 amide bonds. The van der Waals surface area contributed by atoms with Crippen molar-refractivity contribution in [2.24, 2.45) is 0 Å². The lowest BCUT2D eigenvalue weighted by molar-refractivity contribution is 0.0992. The molecule has 1 aliphatic carbocycles. The van der Waals surface area contributed by atoms with Gasteiger partial charge in [0, 0.05) is 35.2 Å². The van der Waals surface area contributed by atoms with Crippen LogP contribution >= 0.6 is 0 Å². The minimum atomic E-state index is -0.374. The molecule has 0 radical (unpaired) electrons. The summed E-state index contributed by atoms with van der Waals surface area (Å²) in [6, 6.07) is 12.9. The van der Waals surface area contributed by atoms with Crippen molar-refractivity contribution in [2.75, 3.05) is 13.1 Å². The molecule has 0 saturated heterocycles. The lowest BCUT2D eigenvalue weighted by Gasteiger charge is -2.12. The number of aromatic amines is 1. The average Bonchev–Trinajstić information content (AvgIpc) is 3.64. The van der Waals surface area contributed by atoms with Crippen molar-refractivity contribution in [3.63, 3.8) is 0 Å². The smallest absolute Gasteiger partial charge is 0.167 e. The fourth-order valence-electron chi connectivity index (χ4n) is 4.99. The minimum Gasteiger partial charge on any atom is -0.339 e. The number of aromatic nitrogens is 3. The Morgan fingerprint density at radius 3 is 2.69 bits per heavy atom. The zero-order valence-corrected chi connectivity index (χ0v) is 19.7. The molecule has 4 aromatic rings. The number of Topliss-reactive ketones (excluding diaryl/α,β-unsaturated/α-hetero) is 1. The molecule has 1 fully saturated rings. The van der Waals surface area contributed by atoms with Crippen molar-refractivity contribution in [1.29, 1.82) is 0 Å². The van der Waals surface area contributed by atoms with Crippen LogP contribution in [0.2, 0.25) is 0 Å². The van der Waals surface area contributed by atoms with Crippen LogP contribution < -0.4 is 5.32 Å². The number of H-pyrrole nitrogens is 1. The lowest BCUT2D eigenvalue weighted by Crippen LogP contribution is -2.20. The number of carbonyl (C=O) groups is 1. The molecular formula is C29H27FN4O. The Bertz CT molecular complexity index is 1460. The summed E-state index contributed by atoms with van der Waals surface area (Å²) >= 11 is 0. The van der Waals surface area contributed by atoms with Gasteiger partial charge < -0.3 is 10.3 Å². The van der Waals surface area contributed by atoms with Crippen LogP contribution in [0, 0.1) is 12.7 Å². The number of nitrogens with zero attached hydrogens (tertiary/aromatic N) is 2. The molecule has 3 heterocycles. The van der Waals surface area contributed by atoms with E-state index in [0.29, 0.717) is 28.3 Å². The monoisotopic (exact) mass is 466 g/mol. The predicted octanol–water partition coefficient (Wildman–Crippen LogP) is 5.75. The van der Waals surface area contributed by atoms with Crippen LogP contribution in [0.25, 0.3) is 27.9 Å². The van der Waals surface area contributed by atoms with Crippen LogP contribution in [0.4, 0.5) is 4.39 Å². The maximum Gasteiger partial charge on any atom is 0.167 e. The van der Waals surface area contributed by atoms with Gasteiger partial charge in [-0.3, -0.25) is 4.79 Å². The Balaban J connectivity index is 1.34. The minimum absolute atomic E-state index is 0.0124. The summed E-state index contributed by atoms with van der Waals surface area (Å²) in [6.07, 6.45) is 7.22. The van der Waals surface area contributed by atoms with Crippen LogP contribution in [-0.2, 0) is 6.42 Å². The van der Waals surface area contributed by atoms with E-state index in [0.717, 1.165) is 41.8 Å². The summed E-state index contributed by atoms with van der Waals surface area (Å²) in [5.74, 6) is 0.263. The van der Waals surface area contributed by atoms with Crippen LogP contribution in [0.5, 0.6) is 0 Å². The second-order valence-corrected chi connectivity index (χ2v) is 9.58. The van der Waals surface area contributed by atoms with Crippen molar-refractivity contribution >= 4 is 22.4 Å². The topological polar surface area (TPSA) is 70.7 Å². The number of ketones is 1. The zero-order valence-electron chi connectivity index (χ0n) is 19.7. The van der Waals surface area contributed by atoms with Gasteiger partial charge in [0.15, 0.2) is 5.78 Å². The molecule has 0 atom stereocenters. The van der Waals surface area contributed by atoms with E-state index < -0.39 is 0 Å². The van der Waals surface area contributed by atoms with Crippen LogP contribution in [0.1, 0.15) is 57.9 Å². The highest BCUT2D eigenvalue weighted by Crippen LogP contribution is 2.40. The van der Waals surface area contributed by atoms with Gasteiger partial charge in [-0.1, -0.05) is 30.3 Å². The first-order valence-corrected chi connectivity index (χ1v) is 12.2. The predicted molar refractivity (Wildman–Crippen MR) is 136 cm³/mol. The number of fused-ring (bicyclic) bond motifs is 1. The fourth-order valence-corrected chi connectivity index (χ4v) is 4.99. The van der Waals surface area contributed by atoms with E-state index in [1.807, 2.05) is 31.2 Å². The highest BCUT2D eigenvalue weighted by Gasteiger charge is 2.23. The molecular weight excluding hydrogens is 439 g/mol. The number of nitrogens with one attached hydrogen (secondary N) is 2. The summed E-state index contributed by atoms with van der Waals surface area (Å²) in [4.78, 5) is 25.4. The first-order valence-electron chi connectivity index (χ1n) is 12.2. The molecule has 2 aliphatic rings. The van der Waals surface area contributed by atoms with Gasteiger partial charge in [0.2, 0.25) is 0 Å². The molecule has 6 rings (SSSR count). The summed E-state index contributed by atoms with van der Waals surface area (Å²) in [6.45, 7) is 3.71. The quantitative estimate of drug-likeness (QED) is 0.355. The normalized spacial score (nSPS) is 15.9. The van der Waals surface area contributed by atoms with Crippen molar-refractivity contribution in [1.82, 2.24) is 20.3 Å². The Morgan fingerprint density at radius 2 is 1.94 bits per heavy atom. The molecule has 1 aliphatic heterocycles. The molecule has 2 N–H and O–H groups in total. The number of carbonyl (C=O) groups excluding carboxylic acids is 1. The van der Waals surface area contributed by atoms with Gasteiger partial charge in [0.05, 0.1) is 5.69 Å². The van der Waals surface area contributed by atoms with Gasteiger partial charge in [0.1, 0.15) is 17.8 Å². The number of halogens is 1. The van der Waals surface area contributed by atoms with E-state index in [1.54, 1.807) is 0 Å². The van der Waals surface area contributed by atoms with E-state index in [2.05, 4.69) is 32.4 Å². The summed E-state index contributed by atoms with van der Waals surface area (Å²) in [5, 5.41) is 4.18. The third-order valence-electron chi connectivity index (χ3n) is 7.20. The Hall–Kier alpha value is -3.64. The van der Waals surface area contributed by atoms with E-state index in [4.69, 9.17) is 0 Å². The van der Waals surface area contributed by atoms with Crippen LogP contribution in [0.15, 0.2) is 54.9 Å². The van der Waals surface area contributed by atoms with Gasteiger partial charge in [-0.2, -0.15) is 0 Å². The third kappa shape index (κ3) is 4.30. The average molecular weight is 467 g/mol. The Kier molecular flexibility index (Phi) is 5.53. The van der Waals surface area contributed by atoms with Gasteiger partial charge in [-0.15, -0.1) is 0 Å². The number of hydrogen-bond acceptors (Lipinski definition) is 4. The first kappa shape index (κ1) is 21.9. The fraction of sp³-hybridized carbons (Fsp3) is 0.276.